The van der Waals surface area contributed by atoms with Gasteiger partial charge in [0.05, 0.1) is 24.1 Å². The van der Waals surface area contributed by atoms with Crippen LogP contribution in [0.1, 0.15) is 45.6 Å². The number of hydrogen-bond donors (Lipinski definition) is 3. The van der Waals surface area contributed by atoms with Crippen LogP contribution in [0.4, 0.5) is 4.79 Å². The molecule has 2 amide bonds. The van der Waals surface area contributed by atoms with E-state index in [1.165, 1.54) is 7.11 Å². The first-order chi connectivity index (χ1) is 13.6. The summed E-state index contributed by atoms with van der Waals surface area (Å²) in [6.45, 7) is 9.63. The Morgan fingerprint density at radius 3 is 2.55 bits per heavy atom. The number of amides is 2. The van der Waals surface area contributed by atoms with Crippen molar-refractivity contribution >= 4 is 39.5 Å². The van der Waals surface area contributed by atoms with Crippen LogP contribution in [0.2, 0.25) is 5.02 Å². The first-order valence-electron chi connectivity index (χ1n) is 9.49. The SMILES string of the molecule is C=C(CCC(=O)OC)NC(=O)N[C@@](C)(c1ccc(Br)c(Cl)c1)C(CO)[C@@H](C)CC. The maximum absolute atomic E-state index is 12.7. The van der Waals surface area contributed by atoms with E-state index in [9.17, 15) is 14.7 Å². The molecule has 0 aliphatic rings. The number of esters is 1. The summed E-state index contributed by atoms with van der Waals surface area (Å²) in [5, 5.41) is 16.3. The second kappa shape index (κ2) is 11.6. The number of benzene rings is 1. The van der Waals surface area contributed by atoms with Crippen LogP contribution < -0.4 is 10.6 Å². The number of methoxy groups -OCH3 is 1. The van der Waals surface area contributed by atoms with Gasteiger partial charge in [-0.25, -0.2) is 4.79 Å². The third-order valence-corrected chi connectivity index (χ3v) is 6.54. The summed E-state index contributed by atoms with van der Waals surface area (Å²) < 4.78 is 5.34. The highest BCUT2D eigenvalue weighted by Gasteiger charge is 2.40. The number of allylic oxidation sites excluding steroid dienone is 1. The Morgan fingerprint density at radius 2 is 2.03 bits per heavy atom. The molecule has 0 aliphatic heterocycles. The number of rotatable bonds is 10. The molecule has 3 atom stereocenters. The first kappa shape index (κ1) is 25.5. The van der Waals surface area contributed by atoms with Gasteiger partial charge in [0.15, 0.2) is 0 Å². The topological polar surface area (TPSA) is 87.7 Å². The van der Waals surface area contributed by atoms with Gasteiger partial charge in [0, 0.05) is 22.7 Å². The van der Waals surface area contributed by atoms with Gasteiger partial charge in [0.25, 0.3) is 0 Å². The predicted octanol–water partition coefficient (Wildman–Crippen LogP) is 4.74. The highest BCUT2D eigenvalue weighted by Crippen LogP contribution is 2.38. The van der Waals surface area contributed by atoms with Gasteiger partial charge < -0.3 is 20.5 Å². The van der Waals surface area contributed by atoms with Crippen LogP contribution in [-0.2, 0) is 15.1 Å². The summed E-state index contributed by atoms with van der Waals surface area (Å²) in [5.74, 6) is -0.492. The number of halogens is 2. The summed E-state index contributed by atoms with van der Waals surface area (Å²) in [5.41, 5.74) is 0.287. The molecule has 0 saturated carbocycles. The molecule has 1 aromatic rings. The first-order valence-corrected chi connectivity index (χ1v) is 10.7. The molecular weight excluding hydrogens is 460 g/mol. The zero-order valence-electron chi connectivity index (χ0n) is 17.4. The molecule has 0 saturated heterocycles. The summed E-state index contributed by atoms with van der Waals surface area (Å²) in [6.07, 6.45) is 1.23. The fraction of sp³-hybridized carbons (Fsp3) is 0.524. The Bertz CT molecular complexity index is 743. The van der Waals surface area contributed by atoms with Gasteiger partial charge in [-0.05, 0) is 52.9 Å². The standard InChI is InChI=1S/C21H30BrClN2O4/c1-6-13(2)16(12-26)21(4,15-8-9-17(22)18(23)11-15)25-20(28)24-14(3)7-10-19(27)29-5/h8-9,11,13,16,26H,3,6-7,10,12H2,1-2,4-5H3,(H2,24,25,28)/t13-,16?,21-/m0/s1. The Morgan fingerprint density at radius 1 is 1.38 bits per heavy atom. The largest absolute Gasteiger partial charge is 0.469 e. The molecule has 1 rings (SSSR count). The lowest BCUT2D eigenvalue weighted by atomic mass is 9.73. The summed E-state index contributed by atoms with van der Waals surface area (Å²) in [6, 6.07) is 5.00. The average molecular weight is 490 g/mol. The summed E-state index contributed by atoms with van der Waals surface area (Å²) >= 11 is 9.67. The quantitative estimate of drug-likeness (QED) is 0.414. The molecule has 0 aromatic heterocycles. The fourth-order valence-electron chi connectivity index (χ4n) is 3.26. The fourth-order valence-corrected chi connectivity index (χ4v) is 3.69. The van der Waals surface area contributed by atoms with Crippen molar-refractivity contribution < 1.29 is 19.4 Å². The van der Waals surface area contributed by atoms with Crippen molar-refractivity contribution in [2.45, 2.75) is 45.6 Å². The number of hydrogen-bond acceptors (Lipinski definition) is 4. The van der Waals surface area contributed by atoms with Crippen molar-refractivity contribution in [3.05, 3.63) is 45.5 Å². The number of nitrogens with one attached hydrogen (secondary N) is 2. The smallest absolute Gasteiger partial charge is 0.319 e. The van der Waals surface area contributed by atoms with E-state index in [1.807, 2.05) is 32.9 Å². The van der Waals surface area contributed by atoms with Crippen LogP contribution in [0.15, 0.2) is 34.9 Å². The van der Waals surface area contributed by atoms with E-state index in [0.717, 1.165) is 16.5 Å². The minimum atomic E-state index is -0.888. The third-order valence-electron chi connectivity index (χ3n) is 5.31. The van der Waals surface area contributed by atoms with E-state index in [-0.39, 0.29) is 37.3 Å². The molecule has 0 fully saturated rings. The maximum Gasteiger partial charge on any atom is 0.319 e. The van der Waals surface area contributed by atoms with Crippen molar-refractivity contribution in [3.8, 4) is 0 Å². The van der Waals surface area contributed by atoms with Gasteiger partial charge in [-0.3, -0.25) is 4.79 Å². The zero-order valence-corrected chi connectivity index (χ0v) is 19.7. The molecule has 0 aliphatic carbocycles. The van der Waals surface area contributed by atoms with Crippen LogP contribution in [-0.4, -0.2) is 30.8 Å². The Hall–Kier alpha value is -1.57. The molecule has 0 spiro atoms. The van der Waals surface area contributed by atoms with Crippen molar-refractivity contribution in [1.29, 1.82) is 0 Å². The highest BCUT2D eigenvalue weighted by molar-refractivity contribution is 9.10. The molecule has 3 N–H and O–H groups in total. The van der Waals surface area contributed by atoms with Gasteiger partial charge in [-0.15, -0.1) is 0 Å². The maximum atomic E-state index is 12.7. The molecule has 1 unspecified atom stereocenters. The number of ether oxygens (including phenoxy) is 1. The molecular formula is C21H30BrClN2O4. The van der Waals surface area contributed by atoms with Gasteiger partial charge in [-0.1, -0.05) is 44.5 Å². The number of carbonyl (C=O) groups excluding carboxylic acids is 2. The second-order valence-corrected chi connectivity index (χ2v) is 8.53. The van der Waals surface area contributed by atoms with Crippen LogP contribution >= 0.6 is 27.5 Å². The molecule has 162 valence electrons. The van der Waals surface area contributed by atoms with Crippen LogP contribution in [0, 0.1) is 11.8 Å². The Labute approximate surface area is 186 Å². The molecule has 0 heterocycles. The predicted molar refractivity (Wildman–Crippen MR) is 119 cm³/mol. The van der Waals surface area contributed by atoms with Gasteiger partial charge >= 0.3 is 12.0 Å². The lowest BCUT2D eigenvalue weighted by Crippen LogP contribution is -2.54. The molecule has 8 heteroatoms. The van der Waals surface area contributed by atoms with Crippen molar-refractivity contribution in [2.75, 3.05) is 13.7 Å². The van der Waals surface area contributed by atoms with Crippen LogP contribution in [0.5, 0.6) is 0 Å². The molecule has 0 radical (unpaired) electrons. The van der Waals surface area contributed by atoms with Crippen LogP contribution in [0.3, 0.4) is 0 Å². The van der Waals surface area contributed by atoms with E-state index in [2.05, 4.69) is 37.9 Å². The zero-order chi connectivity index (χ0) is 22.2. The van der Waals surface area contributed by atoms with E-state index in [0.29, 0.717) is 10.7 Å². The van der Waals surface area contributed by atoms with Gasteiger partial charge in [-0.2, -0.15) is 0 Å². The number of aliphatic hydroxyl groups is 1. The Kier molecular flexibility index (Phi) is 10.2. The minimum absolute atomic E-state index is 0.108. The lowest BCUT2D eigenvalue weighted by Gasteiger charge is -2.41. The van der Waals surface area contributed by atoms with Gasteiger partial charge in [0.1, 0.15) is 0 Å². The normalized spacial score (nSPS) is 15.0. The summed E-state index contributed by atoms with van der Waals surface area (Å²) in [7, 11) is 1.31. The van der Waals surface area contributed by atoms with Gasteiger partial charge in [0.2, 0.25) is 0 Å². The van der Waals surface area contributed by atoms with Crippen molar-refractivity contribution in [3.63, 3.8) is 0 Å². The number of carbonyl (C=O) groups is 2. The average Bonchev–Trinajstić information content (AvgIpc) is 2.68. The van der Waals surface area contributed by atoms with Crippen molar-refractivity contribution in [2.24, 2.45) is 11.8 Å². The van der Waals surface area contributed by atoms with E-state index < -0.39 is 11.6 Å². The van der Waals surface area contributed by atoms with E-state index in [1.54, 1.807) is 6.07 Å². The second-order valence-electron chi connectivity index (χ2n) is 7.26. The monoisotopic (exact) mass is 488 g/mol. The summed E-state index contributed by atoms with van der Waals surface area (Å²) in [4.78, 5) is 24.0. The third kappa shape index (κ3) is 7.01. The van der Waals surface area contributed by atoms with Crippen LogP contribution in [0.25, 0.3) is 0 Å². The molecule has 1 aromatic carbocycles. The number of urea groups is 1. The highest BCUT2D eigenvalue weighted by atomic mass is 79.9. The number of aliphatic hydroxyl groups excluding tert-OH is 1. The van der Waals surface area contributed by atoms with E-state index in [4.69, 9.17) is 11.6 Å². The lowest BCUT2D eigenvalue weighted by molar-refractivity contribution is -0.140. The molecule has 29 heavy (non-hydrogen) atoms. The Balaban J connectivity index is 3.11. The van der Waals surface area contributed by atoms with E-state index >= 15 is 0 Å². The molecule has 6 nitrogen and oxygen atoms in total. The minimum Gasteiger partial charge on any atom is -0.469 e. The molecule has 0 bridgehead atoms. The van der Waals surface area contributed by atoms with Crippen molar-refractivity contribution in [1.82, 2.24) is 10.6 Å².